The summed E-state index contributed by atoms with van der Waals surface area (Å²) in [7, 11) is 2.15. The van der Waals surface area contributed by atoms with Gasteiger partial charge in [0.05, 0.1) is 12.1 Å². The third-order valence-electron chi connectivity index (χ3n) is 2.77. The molecule has 1 aliphatic rings. The number of piperidine rings is 1. The smallest absolute Gasteiger partial charge is 0.0926 e. The number of likely N-dealkylation sites (tertiary alicyclic amines) is 1. The molecule has 3 nitrogen and oxygen atoms in total. The summed E-state index contributed by atoms with van der Waals surface area (Å²) >= 11 is 0. The van der Waals surface area contributed by atoms with Crippen LogP contribution in [0.25, 0.3) is 0 Å². The lowest BCUT2D eigenvalue weighted by molar-refractivity contribution is 0.172. The lowest BCUT2D eigenvalue weighted by Crippen LogP contribution is -2.49. The third kappa shape index (κ3) is 2.98. The molecular weight excluding hydrogens is 162 g/mol. The maximum absolute atomic E-state index is 8.68. The molecule has 0 spiro atoms. The summed E-state index contributed by atoms with van der Waals surface area (Å²) in [6.07, 6.45) is 1.16. The number of hydrogen-bond donors (Lipinski definition) is 1. The van der Waals surface area contributed by atoms with E-state index in [1.807, 2.05) is 6.92 Å². The molecule has 0 aliphatic carbocycles. The molecule has 0 aromatic heterocycles. The molecule has 1 rings (SSSR count). The van der Waals surface area contributed by atoms with E-state index in [1.54, 1.807) is 0 Å². The number of nitrogens with one attached hydrogen (secondary N) is 1. The van der Waals surface area contributed by atoms with Gasteiger partial charge < -0.3 is 4.90 Å². The molecule has 1 heterocycles. The summed E-state index contributed by atoms with van der Waals surface area (Å²) in [5, 5.41) is 12.0. The minimum atomic E-state index is -0.0177. The van der Waals surface area contributed by atoms with E-state index < -0.39 is 0 Å². The summed E-state index contributed by atoms with van der Waals surface area (Å²) in [6, 6.07) is 2.72. The second-order valence-electron chi connectivity index (χ2n) is 4.15. The summed E-state index contributed by atoms with van der Waals surface area (Å²) < 4.78 is 0. The van der Waals surface area contributed by atoms with Crippen molar-refractivity contribution in [3.63, 3.8) is 0 Å². The first-order valence-electron chi connectivity index (χ1n) is 4.97. The second kappa shape index (κ2) is 4.59. The van der Waals surface area contributed by atoms with Crippen molar-refractivity contribution in [2.45, 2.75) is 32.4 Å². The summed E-state index contributed by atoms with van der Waals surface area (Å²) in [6.45, 7) is 6.44. The van der Waals surface area contributed by atoms with Gasteiger partial charge in [-0.05, 0) is 32.9 Å². The van der Waals surface area contributed by atoms with Crippen LogP contribution < -0.4 is 5.32 Å². The average molecular weight is 181 g/mol. The normalized spacial score (nSPS) is 32.5. The predicted octanol–water partition coefficient (Wildman–Crippen LogP) is 0.828. The first-order chi connectivity index (χ1) is 6.13. The van der Waals surface area contributed by atoms with Crippen LogP contribution in [0.5, 0.6) is 0 Å². The van der Waals surface area contributed by atoms with Crippen molar-refractivity contribution in [3.05, 3.63) is 0 Å². The van der Waals surface area contributed by atoms with E-state index in [0.717, 1.165) is 19.5 Å². The summed E-state index contributed by atoms with van der Waals surface area (Å²) in [4.78, 5) is 2.35. The van der Waals surface area contributed by atoms with Crippen LogP contribution in [0.2, 0.25) is 0 Å². The molecule has 1 saturated heterocycles. The Hall–Kier alpha value is -0.590. The van der Waals surface area contributed by atoms with Crippen LogP contribution >= 0.6 is 0 Å². The van der Waals surface area contributed by atoms with E-state index >= 15 is 0 Å². The van der Waals surface area contributed by atoms with Crippen LogP contribution in [0.4, 0.5) is 0 Å². The van der Waals surface area contributed by atoms with Crippen LogP contribution in [-0.2, 0) is 0 Å². The van der Waals surface area contributed by atoms with E-state index in [-0.39, 0.29) is 6.04 Å². The van der Waals surface area contributed by atoms with E-state index in [9.17, 15) is 0 Å². The summed E-state index contributed by atoms with van der Waals surface area (Å²) in [5.74, 6) is 0.648. The predicted molar refractivity (Wildman–Crippen MR) is 53.3 cm³/mol. The fourth-order valence-electron chi connectivity index (χ4n) is 1.96. The Morgan fingerprint density at radius 3 is 2.85 bits per heavy atom. The average Bonchev–Trinajstić information content (AvgIpc) is 2.09. The number of hydrogen-bond acceptors (Lipinski definition) is 3. The first-order valence-corrected chi connectivity index (χ1v) is 4.97. The summed E-state index contributed by atoms with van der Waals surface area (Å²) in [5.41, 5.74) is 0. The van der Waals surface area contributed by atoms with Crippen LogP contribution in [0, 0.1) is 17.2 Å². The molecule has 13 heavy (non-hydrogen) atoms. The van der Waals surface area contributed by atoms with E-state index in [0.29, 0.717) is 12.0 Å². The molecule has 3 atom stereocenters. The lowest BCUT2D eigenvalue weighted by atomic mass is 9.94. The van der Waals surface area contributed by atoms with Gasteiger partial charge in [-0.15, -0.1) is 0 Å². The standard InChI is InChI=1S/C10H19N3/c1-8-7-13(3)5-4-10(8)12-9(2)6-11/h8-10,12H,4-5,7H2,1-3H3. The quantitative estimate of drug-likeness (QED) is 0.686. The largest absolute Gasteiger partial charge is 0.306 e. The van der Waals surface area contributed by atoms with Gasteiger partial charge in [0.2, 0.25) is 0 Å². The highest BCUT2D eigenvalue weighted by Crippen LogP contribution is 2.15. The van der Waals surface area contributed by atoms with Crippen molar-refractivity contribution in [3.8, 4) is 6.07 Å². The van der Waals surface area contributed by atoms with Gasteiger partial charge in [-0.3, -0.25) is 5.32 Å². The molecule has 1 fully saturated rings. The highest BCUT2D eigenvalue weighted by atomic mass is 15.1. The van der Waals surface area contributed by atoms with Crippen molar-refractivity contribution in [1.29, 1.82) is 5.26 Å². The van der Waals surface area contributed by atoms with Gasteiger partial charge in [0.1, 0.15) is 0 Å². The molecule has 1 N–H and O–H groups in total. The van der Waals surface area contributed by atoms with Crippen LogP contribution in [0.15, 0.2) is 0 Å². The fourth-order valence-corrected chi connectivity index (χ4v) is 1.96. The molecule has 3 heteroatoms. The van der Waals surface area contributed by atoms with Crippen LogP contribution in [0.3, 0.4) is 0 Å². The Morgan fingerprint density at radius 1 is 1.62 bits per heavy atom. The van der Waals surface area contributed by atoms with Gasteiger partial charge in [0.15, 0.2) is 0 Å². The van der Waals surface area contributed by atoms with E-state index in [1.165, 1.54) is 0 Å². The molecule has 0 radical (unpaired) electrons. The topological polar surface area (TPSA) is 39.1 Å². The zero-order chi connectivity index (χ0) is 9.84. The minimum absolute atomic E-state index is 0.0177. The van der Waals surface area contributed by atoms with Crippen LogP contribution in [0.1, 0.15) is 20.3 Å². The maximum atomic E-state index is 8.68. The first kappa shape index (κ1) is 10.5. The monoisotopic (exact) mass is 181 g/mol. The molecule has 1 aliphatic heterocycles. The van der Waals surface area contributed by atoms with Gasteiger partial charge in [0.25, 0.3) is 0 Å². The molecule has 0 aromatic carbocycles. The Morgan fingerprint density at radius 2 is 2.31 bits per heavy atom. The van der Waals surface area contributed by atoms with Crippen molar-refractivity contribution in [1.82, 2.24) is 10.2 Å². The number of nitrogens with zero attached hydrogens (tertiary/aromatic N) is 2. The third-order valence-corrected chi connectivity index (χ3v) is 2.77. The molecule has 3 unspecified atom stereocenters. The molecular formula is C10H19N3. The van der Waals surface area contributed by atoms with E-state index in [4.69, 9.17) is 5.26 Å². The maximum Gasteiger partial charge on any atom is 0.0926 e. The van der Waals surface area contributed by atoms with Crippen molar-refractivity contribution >= 4 is 0 Å². The number of rotatable bonds is 2. The highest BCUT2D eigenvalue weighted by molar-refractivity contribution is 4.91. The molecule has 74 valence electrons. The molecule has 0 amide bonds. The van der Waals surface area contributed by atoms with E-state index in [2.05, 4.69) is 30.3 Å². The SMILES string of the molecule is CC(C#N)NC1CCN(C)CC1C. The molecule has 0 saturated carbocycles. The van der Waals surface area contributed by atoms with Crippen LogP contribution in [-0.4, -0.2) is 37.1 Å². The van der Waals surface area contributed by atoms with Gasteiger partial charge in [0, 0.05) is 12.6 Å². The lowest BCUT2D eigenvalue weighted by Gasteiger charge is -2.35. The molecule has 0 bridgehead atoms. The minimum Gasteiger partial charge on any atom is -0.306 e. The molecule has 0 aromatic rings. The van der Waals surface area contributed by atoms with Gasteiger partial charge >= 0.3 is 0 Å². The second-order valence-corrected chi connectivity index (χ2v) is 4.15. The Balaban J connectivity index is 2.39. The van der Waals surface area contributed by atoms with Gasteiger partial charge in [-0.25, -0.2) is 0 Å². The van der Waals surface area contributed by atoms with Crippen molar-refractivity contribution in [2.24, 2.45) is 5.92 Å². The Bertz CT molecular complexity index is 197. The highest BCUT2D eigenvalue weighted by Gasteiger charge is 2.24. The van der Waals surface area contributed by atoms with Gasteiger partial charge in [-0.2, -0.15) is 5.26 Å². The Kier molecular flexibility index (Phi) is 3.71. The van der Waals surface area contributed by atoms with Crippen molar-refractivity contribution < 1.29 is 0 Å². The zero-order valence-electron chi connectivity index (χ0n) is 8.75. The van der Waals surface area contributed by atoms with Gasteiger partial charge in [-0.1, -0.05) is 6.92 Å². The number of nitriles is 1. The fraction of sp³-hybridized carbons (Fsp3) is 0.900. The van der Waals surface area contributed by atoms with Crippen molar-refractivity contribution in [2.75, 3.05) is 20.1 Å². The Labute approximate surface area is 80.7 Å². The zero-order valence-corrected chi connectivity index (χ0v) is 8.75.